The molecule has 0 atom stereocenters. The van der Waals surface area contributed by atoms with E-state index in [1.54, 1.807) is 12.3 Å². The number of rotatable bonds is 8. The molecule has 2 rings (SSSR count). The van der Waals surface area contributed by atoms with E-state index in [1.165, 1.54) is 5.56 Å². The van der Waals surface area contributed by atoms with E-state index in [1.807, 2.05) is 24.3 Å². The molecule has 1 aromatic carbocycles. The number of hydrogen-bond acceptors (Lipinski definition) is 4. The van der Waals surface area contributed by atoms with Crippen LogP contribution in [0.3, 0.4) is 0 Å². The number of pyridine rings is 1. The highest BCUT2D eigenvalue weighted by atomic mass is 79.9. The topological polar surface area (TPSA) is 71.2 Å². The molecule has 138 valence electrons. The summed E-state index contributed by atoms with van der Waals surface area (Å²) in [6.45, 7) is 2.32. The zero-order chi connectivity index (χ0) is 16.5. The molecule has 1 heterocycles. The summed E-state index contributed by atoms with van der Waals surface area (Å²) < 4.78 is 0.878. The van der Waals surface area contributed by atoms with Crippen molar-refractivity contribution in [3.63, 3.8) is 0 Å². The second-order valence-corrected chi connectivity index (χ2v) is 6.13. The van der Waals surface area contributed by atoms with Gasteiger partial charge in [0.2, 0.25) is 5.91 Å². The van der Waals surface area contributed by atoms with Gasteiger partial charge in [0.25, 0.3) is 0 Å². The Morgan fingerprint density at radius 1 is 1.12 bits per heavy atom. The van der Waals surface area contributed by atoms with Gasteiger partial charge >= 0.3 is 0 Å². The van der Waals surface area contributed by atoms with Crippen LogP contribution in [0.2, 0.25) is 0 Å². The van der Waals surface area contributed by atoms with Gasteiger partial charge in [-0.25, -0.2) is 4.98 Å². The number of benzene rings is 1. The molecule has 0 saturated carbocycles. The minimum atomic E-state index is -0.0821. The van der Waals surface area contributed by atoms with E-state index in [9.17, 15) is 4.79 Å². The Morgan fingerprint density at radius 2 is 1.84 bits per heavy atom. The number of hydrogen-bond donors (Lipinski definition) is 2. The van der Waals surface area contributed by atoms with E-state index in [2.05, 4.69) is 43.3 Å². The lowest BCUT2D eigenvalue weighted by Crippen LogP contribution is -2.38. The largest absolute Gasteiger partial charge is 0.329 e. The lowest BCUT2D eigenvalue weighted by Gasteiger charge is -2.21. The van der Waals surface area contributed by atoms with Crippen LogP contribution in [0.1, 0.15) is 5.56 Å². The molecule has 5 nitrogen and oxygen atoms in total. The molecule has 1 amide bonds. The van der Waals surface area contributed by atoms with Crippen LogP contribution in [0, 0.1) is 0 Å². The van der Waals surface area contributed by atoms with Crippen molar-refractivity contribution in [2.75, 3.05) is 31.5 Å². The summed E-state index contributed by atoms with van der Waals surface area (Å²) in [5, 5.41) is 2.80. The van der Waals surface area contributed by atoms with Crippen molar-refractivity contribution in [3.05, 3.63) is 58.7 Å². The van der Waals surface area contributed by atoms with Crippen LogP contribution in [0.5, 0.6) is 0 Å². The Morgan fingerprint density at radius 3 is 2.44 bits per heavy atom. The smallest absolute Gasteiger partial charge is 0.239 e. The van der Waals surface area contributed by atoms with Gasteiger partial charge in [0.15, 0.2) is 0 Å². The van der Waals surface area contributed by atoms with Crippen LogP contribution in [0.4, 0.5) is 5.82 Å². The molecule has 0 aliphatic carbocycles. The standard InChI is InChI=1S/C17H21BrN4O.2ClH/c18-15-6-7-16(20-12-15)21-17(23)13-22(11-9-19)10-8-14-4-2-1-3-5-14;;/h1-7,12H,8-11,13,19H2,(H,20,21,23);2*1H. The Labute approximate surface area is 169 Å². The maximum atomic E-state index is 12.1. The molecule has 1 aromatic heterocycles. The van der Waals surface area contributed by atoms with E-state index in [0.717, 1.165) is 17.4 Å². The second-order valence-electron chi connectivity index (χ2n) is 5.21. The maximum absolute atomic E-state index is 12.1. The summed E-state index contributed by atoms with van der Waals surface area (Å²) in [5.74, 6) is 0.468. The fourth-order valence-corrected chi connectivity index (χ4v) is 2.45. The number of carbonyl (C=O) groups is 1. The van der Waals surface area contributed by atoms with Crippen molar-refractivity contribution in [1.82, 2.24) is 9.88 Å². The highest BCUT2D eigenvalue weighted by molar-refractivity contribution is 9.10. The maximum Gasteiger partial charge on any atom is 0.239 e. The van der Waals surface area contributed by atoms with Crippen molar-refractivity contribution < 1.29 is 4.79 Å². The first-order valence-electron chi connectivity index (χ1n) is 7.55. The summed E-state index contributed by atoms with van der Waals surface area (Å²) >= 11 is 3.32. The van der Waals surface area contributed by atoms with Crippen molar-refractivity contribution >= 4 is 52.5 Å². The number of nitrogens with zero attached hydrogens (tertiary/aromatic N) is 2. The summed E-state index contributed by atoms with van der Waals surface area (Å²) in [6, 6.07) is 13.8. The van der Waals surface area contributed by atoms with Gasteiger partial charge in [-0.05, 0) is 40.0 Å². The van der Waals surface area contributed by atoms with Crippen LogP contribution in [-0.2, 0) is 11.2 Å². The molecule has 25 heavy (non-hydrogen) atoms. The van der Waals surface area contributed by atoms with Crippen LogP contribution >= 0.6 is 40.7 Å². The first-order valence-corrected chi connectivity index (χ1v) is 8.34. The number of nitrogens with one attached hydrogen (secondary N) is 1. The highest BCUT2D eigenvalue weighted by Gasteiger charge is 2.11. The van der Waals surface area contributed by atoms with Crippen LogP contribution in [-0.4, -0.2) is 42.0 Å². The number of carbonyl (C=O) groups excluding carboxylic acids is 1. The molecule has 0 aliphatic heterocycles. The molecule has 0 unspecified atom stereocenters. The minimum absolute atomic E-state index is 0. The van der Waals surface area contributed by atoms with Crippen LogP contribution in [0.25, 0.3) is 0 Å². The third-order valence-electron chi connectivity index (χ3n) is 3.37. The summed E-state index contributed by atoms with van der Waals surface area (Å²) in [7, 11) is 0. The third kappa shape index (κ3) is 9.18. The van der Waals surface area contributed by atoms with Crippen molar-refractivity contribution in [1.29, 1.82) is 0 Å². The predicted molar refractivity (Wildman–Crippen MR) is 111 cm³/mol. The van der Waals surface area contributed by atoms with Crippen molar-refractivity contribution in [2.45, 2.75) is 6.42 Å². The SMILES string of the molecule is Cl.Cl.NCCN(CCc1ccccc1)CC(=O)Nc1ccc(Br)cn1. The average molecular weight is 450 g/mol. The Hall–Kier alpha value is -1.18. The summed E-state index contributed by atoms with van der Waals surface area (Å²) in [5.41, 5.74) is 6.91. The third-order valence-corrected chi connectivity index (χ3v) is 3.84. The van der Waals surface area contributed by atoms with E-state index in [0.29, 0.717) is 25.5 Å². The fourth-order valence-electron chi connectivity index (χ4n) is 2.22. The fraction of sp³-hybridized carbons (Fsp3) is 0.294. The van der Waals surface area contributed by atoms with Gasteiger partial charge < -0.3 is 11.1 Å². The van der Waals surface area contributed by atoms with Gasteiger partial charge in [-0.1, -0.05) is 30.3 Å². The van der Waals surface area contributed by atoms with Gasteiger partial charge in [0.05, 0.1) is 6.54 Å². The number of amides is 1. The van der Waals surface area contributed by atoms with Crippen molar-refractivity contribution in [2.24, 2.45) is 5.73 Å². The average Bonchev–Trinajstić information content (AvgIpc) is 2.56. The molecule has 8 heteroatoms. The summed E-state index contributed by atoms with van der Waals surface area (Å²) in [6.07, 6.45) is 2.55. The molecule has 0 radical (unpaired) electrons. The van der Waals surface area contributed by atoms with Gasteiger partial charge in [-0.15, -0.1) is 24.8 Å². The molecule has 0 bridgehead atoms. The molecule has 0 spiro atoms. The lowest BCUT2D eigenvalue weighted by atomic mass is 10.1. The Bertz CT molecular complexity index is 614. The van der Waals surface area contributed by atoms with E-state index in [-0.39, 0.29) is 30.7 Å². The first kappa shape index (κ1) is 23.8. The Kier molecular flexibility index (Phi) is 12.5. The Balaban J connectivity index is 0.00000288. The summed E-state index contributed by atoms with van der Waals surface area (Å²) in [4.78, 5) is 18.3. The van der Waals surface area contributed by atoms with Crippen molar-refractivity contribution in [3.8, 4) is 0 Å². The van der Waals surface area contributed by atoms with Crippen LogP contribution < -0.4 is 11.1 Å². The number of halogens is 3. The zero-order valence-electron chi connectivity index (χ0n) is 13.7. The van der Waals surface area contributed by atoms with Gasteiger partial charge in [-0.2, -0.15) is 0 Å². The van der Waals surface area contributed by atoms with E-state index in [4.69, 9.17) is 5.73 Å². The second kappa shape index (κ2) is 13.1. The molecule has 3 N–H and O–H groups in total. The normalized spacial score (nSPS) is 9.88. The van der Waals surface area contributed by atoms with E-state index < -0.39 is 0 Å². The zero-order valence-corrected chi connectivity index (χ0v) is 16.9. The number of anilines is 1. The van der Waals surface area contributed by atoms with Gasteiger partial charge in [-0.3, -0.25) is 9.69 Å². The number of nitrogens with two attached hydrogens (primary N) is 1. The molecule has 0 aliphatic rings. The quantitative estimate of drug-likeness (QED) is 0.649. The molecular formula is C17H23BrCl2N4O. The first-order chi connectivity index (χ1) is 11.2. The minimum Gasteiger partial charge on any atom is -0.329 e. The monoisotopic (exact) mass is 448 g/mol. The highest BCUT2D eigenvalue weighted by Crippen LogP contribution is 2.10. The van der Waals surface area contributed by atoms with Gasteiger partial charge in [0, 0.05) is 30.3 Å². The van der Waals surface area contributed by atoms with Gasteiger partial charge in [0.1, 0.15) is 5.82 Å². The predicted octanol–water partition coefficient (Wildman–Crippen LogP) is 3.13. The number of aromatic nitrogens is 1. The molecular weight excluding hydrogens is 427 g/mol. The van der Waals surface area contributed by atoms with E-state index >= 15 is 0 Å². The molecule has 0 fully saturated rings. The lowest BCUT2D eigenvalue weighted by molar-refractivity contribution is -0.117. The molecule has 0 saturated heterocycles. The van der Waals surface area contributed by atoms with Crippen LogP contribution in [0.15, 0.2) is 53.1 Å². The molecule has 2 aromatic rings.